The normalized spacial score (nSPS) is 23.5. The van der Waals surface area contributed by atoms with Gasteiger partial charge in [-0.15, -0.1) is 0 Å². The molecular formula is C22H28N2O2. The second-order valence-electron chi connectivity index (χ2n) is 8.12. The Labute approximate surface area is 156 Å². The number of hydrogen-bond donors (Lipinski definition) is 0. The lowest BCUT2D eigenvalue weighted by Crippen LogP contribution is -2.37. The van der Waals surface area contributed by atoms with Crippen molar-refractivity contribution >= 4 is 11.8 Å². The summed E-state index contributed by atoms with van der Waals surface area (Å²) in [5.41, 5.74) is 5.08. The summed E-state index contributed by atoms with van der Waals surface area (Å²) in [6.07, 6.45) is 7.42. The highest BCUT2D eigenvalue weighted by Crippen LogP contribution is 2.37. The maximum Gasteiger partial charge on any atom is 0.431 e. The number of hydrogen-bond acceptors (Lipinski definition) is 3. The molecule has 1 aromatic carbocycles. The third-order valence-corrected chi connectivity index (χ3v) is 4.70. The van der Waals surface area contributed by atoms with Crippen LogP contribution < -0.4 is 0 Å². The predicted molar refractivity (Wildman–Crippen MR) is 105 cm³/mol. The van der Waals surface area contributed by atoms with E-state index < -0.39 is 11.7 Å². The molecule has 0 fully saturated rings. The lowest BCUT2D eigenvalue weighted by Gasteiger charge is -2.32. The summed E-state index contributed by atoms with van der Waals surface area (Å²) >= 11 is 0. The number of hydrazone groups is 1. The standard InChI is InChI=1S/C22H28N2O2/c1-15-12-13-16(2)23-24(21(25)26-22(3,4)5)20(14-15)19-11-7-9-17-8-6-10-18(17)19/h7,9,11-13,20H,1,6,8,10,14H2,2-5H3/b13-12-,23-16-. The van der Waals surface area contributed by atoms with E-state index >= 15 is 0 Å². The fourth-order valence-electron chi connectivity index (χ4n) is 3.59. The van der Waals surface area contributed by atoms with Gasteiger partial charge in [0, 0.05) is 0 Å². The first-order valence-corrected chi connectivity index (χ1v) is 9.28. The molecule has 1 aromatic rings. The van der Waals surface area contributed by atoms with Gasteiger partial charge >= 0.3 is 6.09 Å². The van der Waals surface area contributed by atoms with E-state index in [0.717, 1.165) is 30.5 Å². The Morgan fingerprint density at radius 3 is 2.77 bits per heavy atom. The summed E-state index contributed by atoms with van der Waals surface area (Å²) in [5.74, 6) is 0. The zero-order valence-corrected chi connectivity index (χ0v) is 16.2. The van der Waals surface area contributed by atoms with Crippen LogP contribution in [0.25, 0.3) is 0 Å². The first-order chi connectivity index (χ1) is 12.2. The Bertz CT molecular complexity index is 784. The molecule has 0 aromatic heterocycles. The van der Waals surface area contributed by atoms with E-state index in [1.54, 1.807) is 0 Å². The molecule has 26 heavy (non-hydrogen) atoms. The average molecular weight is 352 g/mol. The van der Waals surface area contributed by atoms with E-state index in [2.05, 4.69) is 29.9 Å². The molecule has 4 heteroatoms. The highest BCUT2D eigenvalue weighted by molar-refractivity contribution is 5.94. The minimum Gasteiger partial charge on any atom is -0.442 e. The molecule has 2 aliphatic rings. The predicted octanol–water partition coefficient (Wildman–Crippen LogP) is 5.35. The molecular weight excluding hydrogens is 324 g/mol. The number of ether oxygens (including phenoxy) is 1. The first-order valence-electron chi connectivity index (χ1n) is 9.28. The summed E-state index contributed by atoms with van der Waals surface area (Å²) in [6, 6.07) is 6.19. The van der Waals surface area contributed by atoms with Crippen LogP contribution in [0.3, 0.4) is 0 Å². The van der Waals surface area contributed by atoms with Crippen molar-refractivity contribution in [2.45, 2.75) is 65.0 Å². The molecule has 0 saturated heterocycles. The van der Waals surface area contributed by atoms with Gasteiger partial charge in [-0.3, -0.25) is 0 Å². The van der Waals surface area contributed by atoms with Gasteiger partial charge in [0.2, 0.25) is 0 Å². The van der Waals surface area contributed by atoms with Crippen LogP contribution in [0.1, 0.15) is 63.3 Å². The second-order valence-corrected chi connectivity index (χ2v) is 8.12. The molecule has 0 bridgehead atoms. The monoisotopic (exact) mass is 352 g/mol. The summed E-state index contributed by atoms with van der Waals surface area (Å²) < 4.78 is 5.65. The Balaban J connectivity index is 2.06. The van der Waals surface area contributed by atoms with Crippen LogP contribution in [0, 0.1) is 0 Å². The largest absolute Gasteiger partial charge is 0.442 e. The van der Waals surface area contributed by atoms with E-state index in [0.29, 0.717) is 6.42 Å². The van der Waals surface area contributed by atoms with Gasteiger partial charge in [0.1, 0.15) is 5.60 Å². The highest BCUT2D eigenvalue weighted by Gasteiger charge is 2.33. The second kappa shape index (κ2) is 7.10. The summed E-state index contributed by atoms with van der Waals surface area (Å²) in [4.78, 5) is 13.0. The number of rotatable bonds is 1. The van der Waals surface area contributed by atoms with Crippen molar-refractivity contribution in [1.82, 2.24) is 5.01 Å². The zero-order valence-electron chi connectivity index (χ0n) is 16.2. The van der Waals surface area contributed by atoms with Gasteiger partial charge in [-0.25, -0.2) is 4.79 Å². The number of benzene rings is 1. The molecule has 0 saturated carbocycles. The van der Waals surface area contributed by atoms with E-state index in [4.69, 9.17) is 4.74 Å². The van der Waals surface area contributed by atoms with Gasteiger partial charge in [-0.05, 0) is 76.1 Å². The number of carbonyl (C=O) groups is 1. The molecule has 1 heterocycles. The smallest absolute Gasteiger partial charge is 0.431 e. The number of carbonyl (C=O) groups excluding carboxylic acids is 1. The molecule has 4 nitrogen and oxygen atoms in total. The molecule has 1 amide bonds. The quantitative estimate of drug-likeness (QED) is 0.684. The summed E-state index contributed by atoms with van der Waals surface area (Å²) in [6.45, 7) is 11.7. The minimum atomic E-state index is -0.571. The van der Waals surface area contributed by atoms with Crippen molar-refractivity contribution in [3.05, 3.63) is 59.2 Å². The number of aryl methyl sites for hydroxylation is 1. The van der Waals surface area contributed by atoms with Crippen LogP contribution >= 0.6 is 0 Å². The molecule has 1 aliphatic heterocycles. The van der Waals surface area contributed by atoms with Crippen LogP contribution in [0.2, 0.25) is 0 Å². The molecule has 0 N–H and O–H groups in total. The lowest BCUT2D eigenvalue weighted by molar-refractivity contribution is 0.0162. The Morgan fingerprint density at radius 1 is 1.27 bits per heavy atom. The number of amides is 1. The average Bonchev–Trinajstić information content (AvgIpc) is 3.01. The molecule has 138 valence electrons. The van der Waals surface area contributed by atoms with Gasteiger partial charge in [-0.1, -0.05) is 36.4 Å². The number of allylic oxidation sites excluding steroid dienone is 2. The van der Waals surface area contributed by atoms with Crippen molar-refractivity contribution in [3.8, 4) is 0 Å². The third kappa shape index (κ3) is 4.06. The van der Waals surface area contributed by atoms with Crippen molar-refractivity contribution < 1.29 is 9.53 Å². The van der Waals surface area contributed by atoms with E-state index in [-0.39, 0.29) is 6.04 Å². The fraction of sp³-hybridized carbons (Fsp3) is 0.455. The van der Waals surface area contributed by atoms with E-state index in [1.165, 1.54) is 21.7 Å². The third-order valence-electron chi connectivity index (χ3n) is 4.70. The first kappa shape index (κ1) is 18.4. The molecule has 1 aliphatic carbocycles. The molecule has 1 unspecified atom stereocenters. The van der Waals surface area contributed by atoms with E-state index in [1.807, 2.05) is 39.8 Å². The van der Waals surface area contributed by atoms with Gasteiger partial charge in [-0.2, -0.15) is 10.1 Å². The molecule has 0 radical (unpaired) electrons. The maximum absolute atomic E-state index is 13.0. The summed E-state index contributed by atoms with van der Waals surface area (Å²) in [7, 11) is 0. The van der Waals surface area contributed by atoms with Crippen molar-refractivity contribution in [3.63, 3.8) is 0 Å². The van der Waals surface area contributed by atoms with Gasteiger partial charge < -0.3 is 4.74 Å². The van der Waals surface area contributed by atoms with Crippen LogP contribution in [-0.2, 0) is 17.6 Å². The highest BCUT2D eigenvalue weighted by atomic mass is 16.6. The van der Waals surface area contributed by atoms with Gasteiger partial charge in [0.05, 0.1) is 11.8 Å². The zero-order chi connectivity index (χ0) is 18.9. The van der Waals surface area contributed by atoms with Crippen LogP contribution in [0.5, 0.6) is 0 Å². The molecule has 0 spiro atoms. The number of fused-ring (bicyclic) bond motifs is 1. The topological polar surface area (TPSA) is 41.9 Å². The van der Waals surface area contributed by atoms with Gasteiger partial charge in [0.15, 0.2) is 0 Å². The van der Waals surface area contributed by atoms with Crippen LogP contribution in [0.4, 0.5) is 4.79 Å². The minimum absolute atomic E-state index is 0.203. The fourth-order valence-corrected chi connectivity index (χ4v) is 3.59. The SMILES string of the molecule is C=C1/C=C\C(C)=N/N(C(=O)OC(C)(C)C)C(c2cccc3c2CCC3)C1. The van der Waals surface area contributed by atoms with Crippen LogP contribution in [-0.4, -0.2) is 22.4 Å². The van der Waals surface area contributed by atoms with Crippen molar-refractivity contribution in [2.75, 3.05) is 0 Å². The Hall–Kier alpha value is -2.36. The Kier molecular flexibility index (Phi) is 5.03. The number of nitrogens with zero attached hydrogens (tertiary/aromatic N) is 2. The van der Waals surface area contributed by atoms with Crippen molar-refractivity contribution in [1.29, 1.82) is 0 Å². The van der Waals surface area contributed by atoms with E-state index in [9.17, 15) is 4.79 Å². The maximum atomic E-state index is 13.0. The summed E-state index contributed by atoms with van der Waals surface area (Å²) in [5, 5.41) is 6.10. The Morgan fingerprint density at radius 2 is 2.04 bits per heavy atom. The van der Waals surface area contributed by atoms with Crippen molar-refractivity contribution in [2.24, 2.45) is 5.10 Å². The lowest BCUT2D eigenvalue weighted by atomic mass is 9.92. The van der Waals surface area contributed by atoms with Gasteiger partial charge in [0.25, 0.3) is 0 Å². The molecule has 1 atom stereocenters. The van der Waals surface area contributed by atoms with Crippen LogP contribution in [0.15, 0.2) is 47.6 Å². The molecule has 3 rings (SSSR count).